The van der Waals surface area contributed by atoms with Crippen LogP contribution < -0.4 is 10.5 Å². The first kappa shape index (κ1) is 12.6. The Kier molecular flexibility index (Phi) is 3.63. The lowest BCUT2D eigenvalue weighted by Gasteiger charge is -2.12. The predicted octanol–water partition coefficient (Wildman–Crippen LogP) is 3.51. The Labute approximate surface area is 108 Å². The molecule has 0 bridgehead atoms. The monoisotopic (exact) mass is 242 g/mol. The molecule has 0 spiro atoms. The van der Waals surface area contributed by atoms with Gasteiger partial charge in [-0.05, 0) is 50.1 Å². The summed E-state index contributed by atoms with van der Waals surface area (Å²) in [6.45, 7) is 6.01. The number of nitrogens with two attached hydrogens (primary N) is 1. The summed E-state index contributed by atoms with van der Waals surface area (Å²) in [6, 6.07) is 9.80. The maximum atomic E-state index is 5.91. The van der Waals surface area contributed by atoms with Gasteiger partial charge in [-0.25, -0.2) is 4.98 Å². The fraction of sp³-hybridized carbons (Fsp3) is 0.267. The minimum Gasteiger partial charge on any atom is -0.439 e. The molecule has 1 heterocycles. The maximum Gasteiger partial charge on any atom is 0.223 e. The second kappa shape index (κ2) is 5.19. The van der Waals surface area contributed by atoms with Crippen LogP contribution in [0, 0.1) is 13.8 Å². The molecule has 0 fully saturated rings. The average molecular weight is 242 g/mol. The van der Waals surface area contributed by atoms with E-state index in [-0.39, 0.29) is 6.04 Å². The van der Waals surface area contributed by atoms with E-state index in [1.807, 2.05) is 45.0 Å². The van der Waals surface area contributed by atoms with Gasteiger partial charge in [-0.15, -0.1) is 0 Å². The van der Waals surface area contributed by atoms with Crippen LogP contribution in [-0.2, 0) is 0 Å². The standard InChI is InChI=1S/C15H18N2O/c1-10-7-11(2)9-13(8-10)18-15-14(12(3)16)5-4-6-17-15/h4-9,12H,16H2,1-3H3/t12-/m1/s1. The molecule has 3 heteroatoms. The second-order valence-corrected chi connectivity index (χ2v) is 4.61. The van der Waals surface area contributed by atoms with Crippen LogP contribution in [0.5, 0.6) is 11.6 Å². The van der Waals surface area contributed by atoms with Crippen LogP contribution in [0.3, 0.4) is 0 Å². The van der Waals surface area contributed by atoms with Gasteiger partial charge >= 0.3 is 0 Å². The summed E-state index contributed by atoms with van der Waals surface area (Å²) in [7, 11) is 0. The molecular weight excluding hydrogens is 224 g/mol. The fourth-order valence-electron chi connectivity index (χ4n) is 1.94. The molecule has 0 aliphatic carbocycles. The van der Waals surface area contributed by atoms with Crippen molar-refractivity contribution in [2.75, 3.05) is 0 Å². The predicted molar refractivity (Wildman–Crippen MR) is 72.8 cm³/mol. The molecule has 1 atom stereocenters. The van der Waals surface area contributed by atoms with Gasteiger partial charge in [-0.3, -0.25) is 0 Å². The van der Waals surface area contributed by atoms with E-state index in [2.05, 4.69) is 11.1 Å². The summed E-state index contributed by atoms with van der Waals surface area (Å²) in [5.41, 5.74) is 9.16. The minimum absolute atomic E-state index is 0.0976. The number of nitrogens with zero attached hydrogens (tertiary/aromatic N) is 1. The van der Waals surface area contributed by atoms with Crippen molar-refractivity contribution in [1.29, 1.82) is 0 Å². The molecule has 1 aromatic heterocycles. The van der Waals surface area contributed by atoms with Gasteiger partial charge in [0.2, 0.25) is 5.88 Å². The third kappa shape index (κ3) is 2.87. The number of benzene rings is 1. The number of ether oxygens (including phenoxy) is 1. The molecule has 0 saturated carbocycles. The molecule has 0 saturated heterocycles. The highest BCUT2D eigenvalue weighted by Gasteiger charge is 2.10. The van der Waals surface area contributed by atoms with E-state index in [4.69, 9.17) is 10.5 Å². The molecule has 2 rings (SSSR count). The lowest BCUT2D eigenvalue weighted by atomic mass is 10.1. The fourth-order valence-corrected chi connectivity index (χ4v) is 1.94. The number of rotatable bonds is 3. The smallest absolute Gasteiger partial charge is 0.223 e. The molecular formula is C15H18N2O. The molecule has 0 aliphatic heterocycles. The first-order chi connectivity index (χ1) is 8.56. The van der Waals surface area contributed by atoms with Gasteiger partial charge in [-0.2, -0.15) is 0 Å². The number of pyridine rings is 1. The van der Waals surface area contributed by atoms with Crippen molar-refractivity contribution in [3.8, 4) is 11.6 Å². The summed E-state index contributed by atoms with van der Waals surface area (Å²) >= 11 is 0. The Morgan fingerprint density at radius 1 is 1.17 bits per heavy atom. The Hall–Kier alpha value is -1.87. The van der Waals surface area contributed by atoms with Crippen LogP contribution in [0.25, 0.3) is 0 Å². The maximum absolute atomic E-state index is 5.91. The van der Waals surface area contributed by atoms with Gasteiger partial charge in [0, 0.05) is 17.8 Å². The van der Waals surface area contributed by atoms with Crippen LogP contribution in [0.15, 0.2) is 36.5 Å². The molecule has 3 nitrogen and oxygen atoms in total. The molecule has 0 amide bonds. The zero-order valence-electron chi connectivity index (χ0n) is 11.0. The molecule has 2 N–H and O–H groups in total. The SMILES string of the molecule is Cc1cc(C)cc(Oc2ncccc2[C@@H](C)N)c1. The highest BCUT2D eigenvalue weighted by molar-refractivity contribution is 5.38. The molecule has 0 radical (unpaired) electrons. The van der Waals surface area contributed by atoms with Crippen molar-refractivity contribution in [2.24, 2.45) is 5.73 Å². The largest absolute Gasteiger partial charge is 0.439 e. The lowest BCUT2D eigenvalue weighted by Crippen LogP contribution is -2.07. The van der Waals surface area contributed by atoms with E-state index in [1.165, 1.54) is 11.1 Å². The van der Waals surface area contributed by atoms with E-state index >= 15 is 0 Å². The summed E-state index contributed by atoms with van der Waals surface area (Å²) in [5.74, 6) is 1.38. The van der Waals surface area contributed by atoms with Crippen LogP contribution >= 0.6 is 0 Å². The molecule has 0 aliphatic rings. The number of aryl methyl sites for hydroxylation is 2. The Bertz CT molecular complexity index is 530. The molecule has 94 valence electrons. The quantitative estimate of drug-likeness (QED) is 0.896. The van der Waals surface area contributed by atoms with Gasteiger partial charge in [0.05, 0.1) is 0 Å². The Morgan fingerprint density at radius 2 is 1.83 bits per heavy atom. The first-order valence-corrected chi connectivity index (χ1v) is 6.03. The summed E-state index contributed by atoms with van der Waals surface area (Å²) in [6.07, 6.45) is 1.71. The van der Waals surface area contributed by atoms with Crippen molar-refractivity contribution < 1.29 is 4.74 Å². The zero-order valence-corrected chi connectivity index (χ0v) is 11.0. The van der Waals surface area contributed by atoms with Crippen LogP contribution in [-0.4, -0.2) is 4.98 Å². The summed E-state index contributed by atoms with van der Waals surface area (Å²) in [4.78, 5) is 4.25. The third-order valence-electron chi connectivity index (χ3n) is 2.70. The zero-order chi connectivity index (χ0) is 13.1. The number of hydrogen-bond donors (Lipinski definition) is 1. The van der Waals surface area contributed by atoms with Gasteiger partial charge < -0.3 is 10.5 Å². The molecule has 2 aromatic rings. The summed E-state index contributed by atoms with van der Waals surface area (Å²) in [5, 5.41) is 0. The Balaban J connectivity index is 2.34. The lowest BCUT2D eigenvalue weighted by molar-refractivity contribution is 0.451. The highest BCUT2D eigenvalue weighted by Crippen LogP contribution is 2.27. The molecule has 0 unspecified atom stereocenters. The normalized spacial score (nSPS) is 12.2. The van der Waals surface area contributed by atoms with Crippen molar-refractivity contribution >= 4 is 0 Å². The minimum atomic E-state index is -0.0976. The second-order valence-electron chi connectivity index (χ2n) is 4.61. The average Bonchev–Trinajstić information content (AvgIpc) is 2.27. The Morgan fingerprint density at radius 3 is 2.44 bits per heavy atom. The molecule has 18 heavy (non-hydrogen) atoms. The van der Waals surface area contributed by atoms with Crippen molar-refractivity contribution in [3.05, 3.63) is 53.2 Å². The van der Waals surface area contributed by atoms with Crippen molar-refractivity contribution in [3.63, 3.8) is 0 Å². The summed E-state index contributed by atoms with van der Waals surface area (Å²) < 4.78 is 5.84. The van der Waals surface area contributed by atoms with Gasteiger partial charge in [0.25, 0.3) is 0 Å². The van der Waals surface area contributed by atoms with Crippen LogP contribution in [0.4, 0.5) is 0 Å². The first-order valence-electron chi connectivity index (χ1n) is 6.03. The van der Waals surface area contributed by atoms with Crippen LogP contribution in [0.1, 0.15) is 29.7 Å². The third-order valence-corrected chi connectivity index (χ3v) is 2.70. The van der Waals surface area contributed by atoms with Crippen molar-refractivity contribution in [2.45, 2.75) is 26.8 Å². The van der Waals surface area contributed by atoms with Gasteiger partial charge in [0.15, 0.2) is 0 Å². The van der Waals surface area contributed by atoms with Gasteiger partial charge in [-0.1, -0.05) is 12.1 Å². The number of hydrogen-bond acceptors (Lipinski definition) is 3. The molecule has 1 aromatic carbocycles. The van der Waals surface area contributed by atoms with Gasteiger partial charge in [0.1, 0.15) is 5.75 Å². The number of aromatic nitrogens is 1. The topological polar surface area (TPSA) is 48.1 Å². The highest BCUT2D eigenvalue weighted by atomic mass is 16.5. The van der Waals surface area contributed by atoms with E-state index in [1.54, 1.807) is 6.20 Å². The van der Waals surface area contributed by atoms with E-state index in [0.717, 1.165) is 11.3 Å². The van der Waals surface area contributed by atoms with Crippen LogP contribution in [0.2, 0.25) is 0 Å². The van der Waals surface area contributed by atoms with E-state index < -0.39 is 0 Å². The van der Waals surface area contributed by atoms with E-state index in [9.17, 15) is 0 Å². The van der Waals surface area contributed by atoms with Crippen molar-refractivity contribution in [1.82, 2.24) is 4.98 Å². The van der Waals surface area contributed by atoms with E-state index in [0.29, 0.717) is 5.88 Å².